The van der Waals surface area contributed by atoms with Gasteiger partial charge in [0.25, 0.3) is 0 Å². The summed E-state index contributed by atoms with van der Waals surface area (Å²) in [5, 5.41) is 0. The normalized spacial score (nSPS) is 44.2. The van der Waals surface area contributed by atoms with E-state index in [9.17, 15) is 4.39 Å². The highest BCUT2D eigenvalue weighted by Gasteiger charge is 2.67. The van der Waals surface area contributed by atoms with Gasteiger partial charge < -0.3 is 0 Å². The fourth-order valence-electron chi connectivity index (χ4n) is 2.23. The highest BCUT2D eigenvalue weighted by molar-refractivity contribution is 5.45. The van der Waals surface area contributed by atoms with Crippen LogP contribution < -0.4 is 0 Å². The van der Waals surface area contributed by atoms with Crippen molar-refractivity contribution in [2.75, 3.05) is 0 Å². The van der Waals surface area contributed by atoms with E-state index in [1.807, 2.05) is 25.2 Å². The van der Waals surface area contributed by atoms with E-state index >= 15 is 0 Å². The third kappa shape index (κ3) is 0.769. The maximum atomic E-state index is 14.1. The van der Waals surface area contributed by atoms with Crippen molar-refractivity contribution in [3.63, 3.8) is 0 Å². The molecule has 0 amide bonds. The highest BCUT2D eigenvalue weighted by Crippen LogP contribution is 2.66. The standard InChI is InChI=1S/C11H15F/c1-8(2)9-5-4-6-10(3)7-11(9,10)12/h4-6,8H,7H2,1-3H3. The second-order valence-electron chi connectivity index (χ2n) is 4.53. The van der Waals surface area contributed by atoms with Crippen LogP contribution in [0, 0.1) is 11.3 Å². The Morgan fingerprint density at radius 2 is 2.17 bits per heavy atom. The first-order valence-corrected chi connectivity index (χ1v) is 4.58. The number of halogens is 1. The largest absolute Gasteiger partial charge is 0.238 e. The third-order valence-corrected chi connectivity index (χ3v) is 3.21. The summed E-state index contributed by atoms with van der Waals surface area (Å²) < 4.78 is 14.1. The van der Waals surface area contributed by atoms with E-state index in [-0.39, 0.29) is 5.41 Å². The molecule has 0 radical (unpaired) electrons. The van der Waals surface area contributed by atoms with E-state index < -0.39 is 5.67 Å². The average Bonchev–Trinajstić information content (AvgIpc) is 2.51. The van der Waals surface area contributed by atoms with Crippen LogP contribution in [0.1, 0.15) is 27.2 Å². The van der Waals surface area contributed by atoms with E-state index in [1.54, 1.807) is 0 Å². The Labute approximate surface area is 73.2 Å². The molecule has 0 aromatic heterocycles. The van der Waals surface area contributed by atoms with Gasteiger partial charge in [0.15, 0.2) is 0 Å². The van der Waals surface area contributed by atoms with Crippen LogP contribution >= 0.6 is 0 Å². The summed E-state index contributed by atoms with van der Waals surface area (Å²) >= 11 is 0. The fourth-order valence-corrected chi connectivity index (χ4v) is 2.23. The second kappa shape index (κ2) is 2.01. The van der Waals surface area contributed by atoms with Gasteiger partial charge in [-0.2, -0.15) is 0 Å². The number of allylic oxidation sites excluding steroid dienone is 4. The van der Waals surface area contributed by atoms with Gasteiger partial charge in [-0.25, -0.2) is 4.39 Å². The first kappa shape index (κ1) is 8.03. The number of alkyl halides is 1. The maximum absolute atomic E-state index is 14.1. The molecule has 2 rings (SSSR count). The molecular weight excluding hydrogens is 151 g/mol. The van der Waals surface area contributed by atoms with Crippen molar-refractivity contribution in [1.82, 2.24) is 0 Å². The average molecular weight is 166 g/mol. The molecule has 66 valence electrons. The van der Waals surface area contributed by atoms with Crippen molar-refractivity contribution in [3.8, 4) is 0 Å². The zero-order chi connectivity index (χ0) is 8.98. The van der Waals surface area contributed by atoms with Gasteiger partial charge in [-0.15, -0.1) is 0 Å². The van der Waals surface area contributed by atoms with Gasteiger partial charge in [-0.1, -0.05) is 39.0 Å². The summed E-state index contributed by atoms with van der Waals surface area (Å²) in [5.41, 5.74) is -0.204. The third-order valence-electron chi connectivity index (χ3n) is 3.21. The van der Waals surface area contributed by atoms with E-state index in [2.05, 4.69) is 13.8 Å². The monoisotopic (exact) mass is 166 g/mol. The van der Waals surface area contributed by atoms with Crippen LogP contribution in [0.15, 0.2) is 23.8 Å². The molecule has 12 heavy (non-hydrogen) atoms. The van der Waals surface area contributed by atoms with Crippen molar-refractivity contribution in [2.45, 2.75) is 32.9 Å². The maximum Gasteiger partial charge on any atom is 0.142 e. The molecule has 0 spiro atoms. The Kier molecular flexibility index (Phi) is 1.35. The van der Waals surface area contributed by atoms with Crippen molar-refractivity contribution < 1.29 is 4.39 Å². The van der Waals surface area contributed by atoms with Crippen molar-refractivity contribution in [2.24, 2.45) is 11.3 Å². The van der Waals surface area contributed by atoms with Crippen LogP contribution in [0.2, 0.25) is 0 Å². The van der Waals surface area contributed by atoms with Gasteiger partial charge in [-0.05, 0) is 17.9 Å². The molecule has 2 aliphatic rings. The Hall–Kier alpha value is -0.590. The molecule has 0 saturated heterocycles. The van der Waals surface area contributed by atoms with Gasteiger partial charge in [0.1, 0.15) is 5.67 Å². The molecule has 2 atom stereocenters. The predicted octanol–water partition coefficient (Wildman–Crippen LogP) is 3.26. The second-order valence-corrected chi connectivity index (χ2v) is 4.53. The minimum absolute atomic E-state index is 0.179. The van der Waals surface area contributed by atoms with Crippen LogP contribution in [0.3, 0.4) is 0 Å². The molecule has 1 heteroatoms. The van der Waals surface area contributed by atoms with E-state index in [4.69, 9.17) is 0 Å². The first-order chi connectivity index (χ1) is 5.50. The molecular formula is C11H15F. The van der Waals surface area contributed by atoms with E-state index in [0.717, 1.165) is 5.57 Å². The Bertz CT molecular complexity index is 275. The van der Waals surface area contributed by atoms with Crippen molar-refractivity contribution >= 4 is 0 Å². The number of hydrogen-bond acceptors (Lipinski definition) is 0. The Balaban J connectivity index is 2.37. The number of hydrogen-bond donors (Lipinski definition) is 0. The molecule has 2 unspecified atom stereocenters. The fraction of sp³-hybridized carbons (Fsp3) is 0.636. The summed E-state index contributed by atoms with van der Waals surface area (Å²) in [6, 6.07) is 0. The van der Waals surface area contributed by atoms with Gasteiger partial charge >= 0.3 is 0 Å². The van der Waals surface area contributed by atoms with Crippen LogP contribution in [-0.2, 0) is 0 Å². The molecule has 0 aliphatic heterocycles. The zero-order valence-electron chi connectivity index (χ0n) is 7.89. The predicted molar refractivity (Wildman–Crippen MR) is 48.6 cm³/mol. The molecule has 0 nitrogen and oxygen atoms in total. The molecule has 0 heterocycles. The number of rotatable bonds is 1. The number of fused-ring (bicyclic) bond motifs is 1. The minimum atomic E-state index is -1.00. The zero-order valence-corrected chi connectivity index (χ0v) is 7.89. The van der Waals surface area contributed by atoms with Crippen molar-refractivity contribution in [3.05, 3.63) is 23.8 Å². The van der Waals surface area contributed by atoms with Gasteiger partial charge in [0.05, 0.1) is 0 Å². The summed E-state index contributed by atoms with van der Waals surface area (Å²) in [6.07, 6.45) is 6.62. The summed E-state index contributed by atoms with van der Waals surface area (Å²) in [4.78, 5) is 0. The lowest BCUT2D eigenvalue weighted by Crippen LogP contribution is -2.19. The Morgan fingerprint density at radius 3 is 2.67 bits per heavy atom. The summed E-state index contributed by atoms with van der Waals surface area (Å²) in [5.74, 6) is 0.335. The topological polar surface area (TPSA) is 0 Å². The molecule has 1 fully saturated rings. The van der Waals surface area contributed by atoms with Crippen LogP contribution in [0.4, 0.5) is 4.39 Å². The van der Waals surface area contributed by atoms with Gasteiger partial charge in [0.2, 0.25) is 0 Å². The lowest BCUT2D eigenvalue weighted by Gasteiger charge is -2.22. The molecule has 2 aliphatic carbocycles. The quantitative estimate of drug-likeness (QED) is 0.561. The first-order valence-electron chi connectivity index (χ1n) is 4.58. The molecule has 1 saturated carbocycles. The Morgan fingerprint density at radius 1 is 1.50 bits per heavy atom. The summed E-state index contributed by atoms with van der Waals surface area (Å²) in [6.45, 7) is 6.12. The molecule has 0 aromatic carbocycles. The van der Waals surface area contributed by atoms with Crippen LogP contribution in [0.25, 0.3) is 0 Å². The van der Waals surface area contributed by atoms with Gasteiger partial charge in [0, 0.05) is 5.41 Å². The van der Waals surface area contributed by atoms with E-state index in [1.165, 1.54) is 0 Å². The lowest BCUT2D eigenvalue weighted by molar-refractivity contribution is 0.286. The minimum Gasteiger partial charge on any atom is -0.238 e. The van der Waals surface area contributed by atoms with Crippen LogP contribution in [-0.4, -0.2) is 5.67 Å². The van der Waals surface area contributed by atoms with E-state index in [0.29, 0.717) is 12.3 Å². The highest BCUT2D eigenvalue weighted by atomic mass is 19.1. The smallest absolute Gasteiger partial charge is 0.142 e. The lowest BCUT2D eigenvalue weighted by atomic mass is 9.87. The van der Waals surface area contributed by atoms with Gasteiger partial charge in [-0.3, -0.25) is 0 Å². The van der Waals surface area contributed by atoms with Crippen molar-refractivity contribution in [1.29, 1.82) is 0 Å². The molecule has 0 bridgehead atoms. The molecule has 0 aromatic rings. The summed E-state index contributed by atoms with van der Waals surface area (Å²) in [7, 11) is 0. The van der Waals surface area contributed by atoms with Crippen LogP contribution in [0.5, 0.6) is 0 Å². The SMILES string of the molecule is CC(C)C1=CC=CC2(C)CC12F. The molecule has 0 N–H and O–H groups in total.